The standard InChI is InChI=1S/C13H15NO5/c1-18-13(17)11-8-14(6-7-19-11)12(16)9-4-2-3-5-10(9)15/h2-5,11,15H,6-8H2,1H3. The third kappa shape index (κ3) is 2.85. The van der Waals surface area contributed by atoms with E-state index in [1.165, 1.54) is 18.1 Å². The molecule has 1 aliphatic rings. The smallest absolute Gasteiger partial charge is 0.336 e. The van der Waals surface area contributed by atoms with Crippen molar-refractivity contribution in [2.24, 2.45) is 0 Å². The van der Waals surface area contributed by atoms with Crippen LogP contribution in [0.15, 0.2) is 24.3 Å². The van der Waals surface area contributed by atoms with Gasteiger partial charge in [0.25, 0.3) is 5.91 Å². The molecule has 1 aromatic rings. The zero-order chi connectivity index (χ0) is 13.8. The SMILES string of the molecule is COC(=O)C1CN(C(=O)c2ccccc2O)CCO1. The second-order valence-corrected chi connectivity index (χ2v) is 4.15. The molecule has 1 unspecified atom stereocenters. The maximum absolute atomic E-state index is 12.2. The largest absolute Gasteiger partial charge is 0.507 e. The Bertz CT molecular complexity index is 488. The number of phenolic OH excluding ortho intramolecular Hbond substituents is 1. The molecule has 0 bridgehead atoms. The first kappa shape index (κ1) is 13.4. The number of esters is 1. The summed E-state index contributed by atoms with van der Waals surface area (Å²) in [4.78, 5) is 25.1. The molecule has 0 spiro atoms. The Labute approximate surface area is 110 Å². The summed E-state index contributed by atoms with van der Waals surface area (Å²) in [5, 5.41) is 9.66. The highest BCUT2D eigenvalue weighted by atomic mass is 16.6. The lowest BCUT2D eigenvalue weighted by atomic mass is 10.1. The van der Waals surface area contributed by atoms with Crippen LogP contribution in [-0.4, -0.2) is 54.8 Å². The van der Waals surface area contributed by atoms with Crippen molar-refractivity contribution in [1.82, 2.24) is 4.90 Å². The number of rotatable bonds is 2. The van der Waals surface area contributed by atoms with Crippen LogP contribution >= 0.6 is 0 Å². The number of nitrogens with zero attached hydrogens (tertiary/aromatic N) is 1. The van der Waals surface area contributed by atoms with Crippen molar-refractivity contribution in [1.29, 1.82) is 0 Å². The molecule has 102 valence electrons. The number of methoxy groups -OCH3 is 1. The molecule has 0 aliphatic carbocycles. The Morgan fingerprint density at radius 1 is 1.42 bits per heavy atom. The molecule has 1 saturated heterocycles. The maximum Gasteiger partial charge on any atom is 0.336 e. The van der Waals surface area contributed by atoms with Crippen LogP contribution in [0, 0.1) is 0 Å². The predicted octanol–water partition coefficient (Wildman–Crippen LogP) is 0.406. The van der Waals surface area contributed by atoms with Gasteiger partial charge < -0.3 is 19.5 Å². The molecule has 0 aromatic heterocycles. The fraction of sp³-hybridized carbons (Fsp3) is 0.385. The third-order valence-electron chi connectivity index (χ3n) is 2.95. The fourth-order valence-corrected chi connectivity index (χ4v) is 1.93. The number of aromatic hydroxyl groups is 1. The molecular weight excluding hydrogens is 250 g/mol. The van der Waals surface area contributed by atoms with Crippen LogP contribution in [0.5, 0.6) is 5.75 Å². The lowest BCUT2D eigenvalue weighted by molar-refractivity contribution is -0.158. The first-order valence-electron chi connectivity index (χ1n) is 5.90. The highest BCUT2D eigenvalue weighted by Crippen LogP contribution is 2.19. The molecule has 1 fully saturated rings. The molecule has 1 aromatic carbocycles. The van der Waals surface area contributed by atoms with Crippen LogP contribution in [0.1, 0.15) is 10.4 Å². The number of ether oxygens (including phenoxy) is 2. The summed E-state index contributed by atoms with van der Waals surface area (Å²) < 4.78 is 9.84. The minimum Gasteiger partial charge on any atom is -0.507 e. The molecule has 0 radical (unpaired) electrons. The molecular formula is C13H15NO5. The van der Waals surface area contributed by atoms with E-state index in [0.29, 0.717) is 6.54 Å². The Kier molecular flexibility index (Phi) is 4.01. The number of carbonyl (C=O) groups is 2. The van der Waals surface area contributed by atoms with Gasteiger partial charge in [0.2, 0.25) is 0 Å². The van der Waals surface area contributed by atoms with Crippen molar-refractivity contribution in [3.8, 4) is 5.75 Å². The van der Waals surface area contributed by atoms with E-state index in [1.54, 1.807) is 18.2 Å². The first-order chi connectivity index (χ1) is 9.13. The number of hydrogen-bond acceptors (Lipinski definition) is 5. The molecule has 1 aliphatic heterocycles. The van der Waals surface area contributed by atoms with Gasteiger partial charge in [-0.25, -0.2) is 4.79 Å². The number of hydrogen-bond donors (Lipinski definition) is 1. The molecule has 19 heavy (non-hydrogen) atoms. The predicted molar refractivity (Wildman–Crippen MR) is 65.8 cm³/mol. The van der Waals surface area contributed by atoms with Crippen molar-refractivity contribution < 1.29 is 24.2 Å². The normalized spacial score (nSPS) is 19.0. The summed E-state index contributed by atoms with van der Waals surface area (Å²) in [5.41, 5.74) is 0.216. The van der Waals surface area contributed by atoms with Gasteiger partial charge in [-0.05, 0) is 12.1 Å². The fourth-order valence-electron chi connectivity index (χ4n) is 1.93. The monoisotopic (exact) mass is 265 g/mol. The molecule has 1 atom stereocenters. The zero-order valence-corrected chi connectivity index (χ0v) is 10.5. The van der Waals surface area contributed by atoms with Gasteiger partial charge in [-0.1, -0.05) is 12.1 Å². The molecule has 1 amide bonds. The van der Waals surface area contributed by atoms with Gasteiger partial charge in [0, 0.05) is 6.54 Å². The topological polar surface area (TPSA) is 76.1 Å². The second kappa shape index (κ2) is 5.71. The summed E-state index contributed by atoms with van der Waals surface area (Å²) in [6, 6.07) is 6.31. The lowest BCUT2D eigenvalue weighted by Gasteiger charge is -2.31. The maximum atomic E-state index is 12.2. The van der Waals surface area contributed by atoms with E-state index < -0.39 is 12.1 Å². The highest BCUT2D eigenvalue weighted by molar-refractivity contribution is 5.97. The minimum absolute atomic E-state index is 0.0754. The molecule has 2 rings (SSSR count). The van der Waals surface area contributed by atoms with Gasteiger partial charge in [0.05, 0.1) is 25.8 Å². The summed E-state index contributed by atoms with van der Waals surface area (Å²) >= 11 is 0. The van der Waals surface area contributed by atoms with Crippen LogP contribution in [-0.2, 0) is 14.3 Å². The Morgan fingerprint density at radius 3 is 2.84 bits per heavy atom. The Morgan fingerprint density at radius 2 is 2.16 bits per heavy atom. The van der Waals surface area contributed by atoms with Gasteiger partial charge in [0.1, 0.15) is 5.75 Å². The summed E-state index contributed by atoms with van der Waals surface area (Å²) in [7, 11) is 1.27. The van der Waals surface area contributed by atoms with Gasteiger partial charge >= 0.3 is 5.97 Å². The minimum atomic E-state index is -0.770. The van der Waals surface area contributed by atoms with E-state index in [1.807, 2.05) is 0 Å². The van der Waals surface area contributed by atoms with Gasteiger partial charge in [-0.3, -0.25) is 4.79 Å². The lowest BCUT2D eigenvalue weighted by Crippen LogP contribution is -2.48. The highest BCUT2D eigenvalue weighted by Gasteiger charge is 2.31. The number of phenols is 1. The van der Waals surface area contributed by atoms with Crippen LogP contribution in [0.3, 0.4) is 0 Å². The van der Waals surface area contributed by atoms with E-state index in [-0.39, 0.29) is 30.4 Å². The van der Waals surface area contributed by atoms with Crippen LogP contribution in [0.2, 0.25) is 0 Å². The molecule has 6 heteroatoms. The number of para-hydroxylation sites is 1. The quantitative estimate of drug-likeness (QED) is 0.784. The number of amides is 1. The summed E-state index contributed by atoms with van der Waals surface area (Å²) in [5.74, 6) is -0.904. The summed E-state index contributed by atoms with van der Waals surface area (Å²) in [6.45, 7) is 0.763. The van der Waals surface area contributed by atoms with Gasteiger partial charge in [0.15, 0.2) is 6.10 Å². The average molecular weight is 265 g/mol. The Hall–Kier alpha value is -2.08. The van der Waals surface area contributed by atoms with Crippen molar-refractivity contribution in [3.05, 3.63) is 29.8 Å². The zero-order valence-electron chi connectivity index (χ0n) is 10.5. The molecule has 1 heterocycles. The third-order valence-corrected chi connectivity index (χ3v) is 2.95. The summed E-state index contributed by atoms with van der Waals surface area (Å²) in [6.07, 6.45) is -0.770. The van der Waals surface area contributed by atoms with Crippen molar-refractivity contribution in [2.75, 3.05) is 26.8 Å². The van der Waals surface area contributed by atoms with Gasteiger partial charge in [-0.2, -0.15) is 0 Å². The molecule has 0 saturated carbocycles. The average Bonchev–Trinajstić information content (AvgIpc) is 2.46. The van der Waals surface area contributed by atoms with E-state index in [4.69, 9.17) is 4.74 Å². The van der Waals surface area contributed by atoms with E-state index in [2.05, 4.69) is 4.74 Å². The first-order valence-corrected chi connectivity index (χ1v) is 5.90. The number of benzene rings is 1. The number of morpholine rings is 1. The van der Waals surface area contributed by atoms with Gasteiger partial charge in [-0.15, -0.1) is 0 Å². The van der Waals surface area contributed by atoms with Crippen LogP contribution in [0.4, 0.5) is 0 Å². The van der Waals surface area contributed by atoms with Crippen molar-refractivity contribution in [2.45, 2.75) is 6.10 Å². The second-order valence-electron chi connectivity index (χ2n) is 4.15. The van der Waals surface area contributed by atoms with E-state index >= 15 is 0 Å². The van der Waals surface area contributed by atoms with Crippen molar-refractivity contribution in [3.63, 3.8) is 0 Å². The Balaban J connectivity index is 2.11. The number of carbonyl (C=O) groups excluding carboxylic acids is 2. The molecule has 6 nitrogen and oxygen atoms in total. The van der Waals surface area contributed by atoms with Crippen molar-refractivity contribution >= 4 is 11.9 Å². The van der Waals surface area contributed by atoms with Crippen LogP contribution in [0.25, 0.3) is 0 Å². The molecule has 1 N–H and O–H groups in total. The van der Waals surface area contributed by atoms with E-state index in [9.17, 15) is 14.7 Å². The van der Waals surface area contributed by atoms with E-state index in [0.717, 1.165) is 0 Å². The van der Waals surface area contributed by atoms with Crippen LogP contribution < -0.4 is 0 Å².